The van der Waals surface area contributed by atoms with Crippen molar-refractivity contribution in [1.82, 2.24) is 4.90 Å². The molecule has 2 unspecified atom stereocenters. The lowest BCUT2D eigenvalue weighted by molar-refractivity contribution is -0.0586. The predicted molar refractivity (Wildman–Crippen MR) is 71.5 cm³/mol. The van der Waals surface area contributed by atoms with Gasteiger partial charge in [0.2, 0.25) is 0 Å². The first-order valence-electron chi connectivity index (χ1n) is 6.29. The number of rotatable bonds is 1. The number of morpholine rings is 1. The van der Waals surface area contributed by atoms with Crippen LogP contribution in [-0.2, 0) is 4.74 Å². The minimum atomic E-state index is 0.0433. The molecule has 2 rings (SSSR count). The summed E-state index contributed by atoms with van der Waals surface area (Å²) < 4.78 is 5.64. The summed E-state index contributed by atoms with van der Waals surface area (Å²) in [7, 11) is 0. The molecule has 0 radical (unpaired) electrons. The summed E-state index contributed by atoms with van der Waals surface area (Å²) >= 11 is 0. The average Bonchev–Trinajstić information content (AvgIpc) is 2.30. The molecule has 1 fully saturated rings. The Hall–Kier alpha value is -1.55. The van der Waals surface area contributed by atoms with E-state index in [0.717, 1.165) is 5.56 Å². The molecule has 18 heavy (non-hydrogen) atoms. The van der Waals surface area contributed by atoms with Gasteiger partial charge in [-0.05, 0) is 38.5 Å². The third-order valence-electron chi connectivity index (χ3n) is 3.31. The molecule has 0 bridgehead atoms. The summed E-state index contributed by atoms with van der Waals surface area (Å²) in [5, 5.41) is 0. The van der Waals surface area contributed by atoms with Gasteiger partial charge in [0.15, 0.2) is 0 Å². The van der Waals surface area contributed by atoms with Gasteiger partial charge in [0.1, 0.15) is 0 Å². The molecule has 4 nitrogen and oxygen atoms in total. The fraction of sp³-hybridized carbons (Fsp3) is 0.500. The van der Waals surface area contributed by atoms with Gasteiger partial charge in [0.25, 0.3) is 5.91 Å². The van der Waals surface area contributed by atoms with Crippen molar-refractivity contribution in [3.63, 3.8) is 0 Å². The normalized spacial score (nSPS) is 24.1. The standard InChI is InChI=1S/C14H20N2O2/c1-9-7-16(8-10(2)18-9)14(17)12-5-4-6-13(15)11(12)3/h4-6,9-10H,7-8,15H2,1-3H3. The minimum absolute atomic E-state index is 0.0433. The second-order valence-electron chi connectivity index (χ2n) is 4.99. The molecule has 2 atom stereocenters. The Morgan fingerprint density at radius 3 is 2.56 bits per heavy atom. The third kappa shape index (κ3) is 2.48. The van der Waals surface area contributed by atoms with Crippen molar-refractivity contribution >= 4 is 11.6 Å². The number of nitrogens with two attached hydrogens (primary N) is 1. The summed E-state index contributed by atoms with van der Waals surface area (Å²) in [5.74, 6) is 0.0433. The predicted octanol–water partition coefficient (Wildman–Crippen LogP) is 1.83. The van der Waals surface area contributed by atoms with Gasteiger partial charge in [0.05, 0.1) is 12.2 Å². The minimum Gasteiger partial charge on any atom is -0.398 e. The highest BCUT2D eigenvalue weighted by Gasteiger charge is 2.27. The lowest BCUT2D eigenvalue weighted by Gasteiger charge is -2.35. The Bertz CT molecular complexity index is 449. The van der Waals surface area contributed by atoms with Gasteiger partial charge in [-0.2, -0.15) is 0 Å². The van der Waals surface area contributed by atoms with Gasteiger partial charge in [-0.1, -0.05) is 6.07 Å². The number of carbonyl (C=O) groups excluding carboxylic acids is 1. The molecule has 0 saturated carbocycles. The number of benzene rings is 1. The van der Waals surface area contributed by atoms with Gasteiger partial charge in [-0.25, -0.2) is 0 Å². The molecular formula is C14H20N2O2. The van der Waals surface area contributed by atoms with Crippen molar-refractivity contribution in [3.8, 4) is 0 Å². The Kier molecular flexibility index (Phi) is 3.57. The van der Waals surface area contributed by atoms with Crippen LogP contribution in [0.15, 0.2) is 18.2 Å². The third-order valence-corrected chi connectivity index (χ3v) is 3.31. The number of hydrogen-bond acceptors (Lipinski definition) is 3. The van der Waals surface area contributed by atoms with Crippen molar-refractivity contribution in [1.29, 1.82) is 0 Å². The van der Waals surface area contributed by atoms with E-state index in [9.17, 15) is 4.79 Å². The molecule has 0 aromatic heterocycles. The van der Waals surface area contributed by atoms with E-state index in [1.54, 1.807) is 0 Å². The van der Waals surface area contributed by atoms with Crippen LogP contribution in [0.3, 0.4) is 0 Å². The van der Waals surface area contributed by atoms with Crippen LogP contribution in [0.5, 0.6) is 0 Å². The molecule has 1 amide bonds. The van der Waals surface area contributed by atoms with E-state index in [0.29, 0.717) is 24.3 Å². The highest BCUT2D eigenvalue weighted by molar-refractivity contribution is 5.97. The molecular weight excluding hydrogens is 228 g/mol. The van der Waals surface area contributed by atoms with E-state index < -0.39 is 0 Å². The molecule has 1 aliphatic rings. The van der Waals surface area contributed by atoms with Gasteiger partial charge >= 0.3 is 0 Å². The van der Waals surface area contributed by atoms with Crippen molar-refractivity contribution in [2.75, 3.05) is 18.8 Å². The molecule has 4 heteroatoms. The van der Waals surface area contributed by atoms with Crippen LogP contribution in [0.2, 0.25) is 0 Å². The number of anilines is 1. The van der Waals surface area contributed by atoms with Crippen LogP contribution in [-0.4, -0.2) is 36.1 Å². The van der Waals surface area contributed by atoms with E-state index in [1.807, 2.05) is 43.9 Å². The van der Waals surface area contributed by atoms with Crippen LogP contribution in [0.25, 0.3) is 0 Å². The van der Waals surface area contributed by atoms with E-state index in [2.05, 4.69) is 0 Å². The molecule has 0 aliphatic carbocycles. The summed E-state index contributed by atoms with van der Waals surface area (Å²) in [6, 6.07) is 5.47. The van der Waals surface area contributed by atoms with E-state index in [1.165, 1.54) is 0 Å². The zero-order chi connectivity index (χ0) is 13.3. The van der Waals surface area contributed by atoms with Crippen LogP contribution >= 0.6 is 0 Å². The number of carbonyl (C=O) groups is 1. The summed E-state index contributed by atoms with van der Waals surface area (Å²) in [4.78, 5) is 14.3. The molecule has 1 aromatic carbocycles. The van der Waals surface area contributed by atoms with Gasteiger partial charge < -0.3 is 15.4 Å². The summed E-state index contributed by atoms with van der Waals surface area (Å²) in [6.45, 7) is 7.13. The largest absolute Gasteiger partial charge is 0.398 e. The number of nitrogen functional groups attached to an aromatic ring is 1. The van der Waals surface area contributed by atoms with Crippen LogP contribution in [0.1, 0.15) is 29.8 Å². The molecule has 98 valence electrons. The summed E-state index contributed by atoms with van der Waals surface area (Å²) in [5.41, 5.74) is 8.06. The van der Waals surface area contributed by atoms with Gasteiger partial charge in [0, 0.05) is 24.3 Å². The first kappa shape index (κ1) is 12.9. The fourth-order valence-electron chi connectivity index (χ4n) is 2.40. The first-order valence-corrected chi connectivity index (χ1v) is 6.29. The van der Waals surface area contributed by atoms with Gasteiger partial charge in [-0.3, -0.25) is 4.79 Å². The highest BCUT2D eigenvalue weighted by Crippen LogP contribution is 2.20. The molecule has 1 aromatic rings. The molecule has 1 saturated heterocycles. The maximum atomic E-state index is 12.5. The van der Waals surface area contributed by atoms with Crippen molar-refractivity contribution in [3.05, 3.63) is 29.3 Å². The smallest absolute Gasteiger partial charge is 0.254 e. The number of amides is 1. The maximum Gasteiger partial charge on any atom is 0.254 e. The number of ether oxygens (including phenoxy) is 1. The SMILES string of the molecule is Cc1c(N)cccc1C(=O)N1CC(C)OC(C)C1. The summed E-state index contributed by atoms with van der Waals surface area (Å²) in [6.07, 6.45) is 0.165. The highest BCUT2D eigenvalue weighted by atomic mass is 16.5. The maximum absolute atomic E-state index is 12.5. The first-order chi connectivity index (χ1) is 8.49. The Balaban J connectivity index is 2.23. The van der Waals surface area contributed by atoms with Crippen molar-refractivity contribution in [2.45, 2.75) is 33.0 Å². The van der Waals surface area contributed by atoms with Gasteiger partial charge in [-0.15, -0.1) is 0 Å². The Labute approximate surface area is 108 Å². The Morgan fingerprint density at radius 1 is 1.33 bits per heavy atom. The zero-order valence-electron chi connectivity index (χ0n) is 11.1. The lowest BCUT2D eigenvalue weighted by atomic mass is 10.0. The molecule has 1 heterocycles. The van der Waals surface area contributed by atoms with Crippen molar-refractivity contribution in [2.24, 2.45) is 0 Å². The molecule has 0 spiro atoms. The van der Waals surface area contributed by atoms with E-state index in [-0.39, 0.29) is 18.1 Å². The average molecular weight is 248 g/mol. The van der Waals surface area contributed by atoms with E-state index in [4.69, 9.17) is 10.5 Å². The second-order valence-corrected chi connectivity index (χ2v) is 4.99. The zero-order valence-corrected chi connectivity index (χ0v) is 11.1. The number of nitrogens with zero attached hydrogens (tertiary/aromatic N) is 1. The van der Waals surface area contributed by atoms with Crippen molar-refractivity contribution < 1.29 is 9.53 Å². The molecule has 1 aliphatic heterocycles. The molecule has 2 N–H and O–H groups in total. The quantitative estimate of drug-likeness (QED) is 0.771. The van der Waals surface area contributed by atoms with Crippen LogP contribution < -0.4 is 5.73 Å². The fourth-order valence-corrected chi connectivity index (χ4v) is 2.40. The van der Waals surface area contributed by atoms with Crippen LogP contribution in [0, 0.1) is 6.92 Å². The van der Waals surface area contributed by atoms with Crippen LogP contribution in [0.4, 0.5) is 5.69 Å². The second kappa shape index (κ2) is 4.98. The topological polar surface area (TPSA) is 55.6 Å². The Morgan fingerprint density at radius 2 is 1.94 bits per heavy atom. The number of hydrogen-bond donors (Lipinski definition) is 1. The lowest BCUT2D eigenvalue weighted by Crippen LogP contribution is -2.48. The monoisotopic (exact) mass is 248 g/mol. The van der Waals surface area contributed by atoms with E-state index >= 15 is 0 Å².